The molecule has 1 fully saturated rings. The normalized spacial score (nSPS) is 16.7. The van der Waals surface area contributed by atoms with Gasteiger partial charge in [-0.25, -0.2) is 0 Å². The number of rotatable bonds is 4. The van der Waals surface area contributed by atoms with Crippen LogP contribution in [0, 0.1) is 0 Å². The van der Waals surface area contributed by atoms with Gasteiger partial charge < -0.3 is 19.9 Å². The Kier molecular flexibility index (Phi) is 6.96. The molecule has 1 amide bonds. The number of nitrogens with zero attached hydrogens (tertiary/aromatic N) is 4. The number of aromatic nitrogens is 2. The average Bonchev–Trinajstić information content (AvgIpc) is 2.91. The average molecular weight is 532 g/mol. The predicted octanol–water partition coefficient (Wildman–Crippen LogP) is 5.28. The summed E-state index contributed by atoms with van der Waals surface area (Å²) < 4.78 is 46.6. The van der Waals surface area contributed by atoms with Gasteiger partial charge in [0.15, 0.2) is 5.82 Å². The van der Waals surface area contributed by atoms with E-state index in [0.29, 0.717) is 62.2 Å². The van der Waals surface area contributed by atoms with E-state index in [9.17, 15) is 18.0 Å². The van der Waals surface area contributed by atoms with Gasteiger partial charge in [0.05, 0.1) is 36.2 Å². The van der Waals surface area contributed by atoms with Gasteiger partial charge in [-0.3, -0.25) is 4.79 Å². The van der Waals surface area contributed by atoms with Gasteiger partial charge in [-0.2, -0.15) is 13.2 Å². The fourth-order valence-electron chi connectivity index (χ4n) is 4.72. The van der Waals surface area contributed by atoms with E-state index in [0.717, 1.165) is 11.6 Å². The summed E-state index contributed by atoms with van der Waals surface area (Å²) in [6.07, 6.45) is -4.51. The van der Waals surface area contributed by atoms with Gasteiger partial charge in [-0.05, 0) is 48.9 Å². The van der Waals surface area contributed by atoms with Gasteiger partial charge in [-0.1, -0.05) is 23.7 Å². The molecule has 2 aromatic carbocycles. The van der Waals surface area contributed by atoms with Crippen LogP contribution in [0.5, 0.6) is 0 Å². The lowest BCUT2D eigenvalue weighted by Crippen LogP contribution is -2.40. The third-order valence-corrected chi connectivity index (χ3v) is 6.93. The van der Waals surface area contributed by atoms with E-state index in [1.807, 2.05) is 11.0 Å². The van der Waals surface area contributed by atoms with Crippen LogP contribution in [0.3, 0.4) is 0 Å². The molecule has 1 atom stereocenters. The fraction of sp³-hybridized carbons (Fsp3) is 0.346. The minimum atomic E-state index is -4.51. The van der Waals surface area contributed by atoms with Gasteiger partial charge in [0, 0.05) is 42.3 Å². The fourth-order valence-corrected chi connectivity index (χ4v) is 4.90. The lowest BCUT2D eigenvalue weighted by Gasteiger charge is -2.37. The number of carbonyl (C=O) groups is 1. The van der Waals surface area contributed by atoms with Gasteiger partial charge in [0.25, 0.3) is 5.91 Å². The van der Waals surface area contributed by atoms with Crippen LogP contribution < -0.4 is 10.2 Å². The Morgan fingerprint density at radius 2 is 1.78 bits per heavy atom. The lowest BCUT2D eigenvalue weighted by atomic mass is 9.98. The zero-order valence-corrected chi connectivity index (χ0v) is 20.8. The van der Waals surface area contributed by atoms with Crippen molar-refractivity contribution in [2.45, 2.75) is 19.1 Å². The van der Waals surface area contributed by atoms with Crippen LogP contribution in [0.25, 0.3) is 11.3 Å². The molecule has 2 aliphatic rings. The lowest BCUT2D eigenvalue weighted by molar-refractivity contribution is -0.138. The minimum Gasteiger partial charge on any atom is -0.378 e. The Morgan fingerprint density at radius 3 is 2.49 bits per heavy atom. The highest BCUT2D eigenvalue weighted by molar-refractivity contribution is 6.30. The molecule has 3 aromatic rings. The number of anilines is 2. The largest absolute Gasteiger partial charge is 0.416 e. The number of ether oxygens (including phenoxy) is 1. The van der Waals surface area contributed by atoms with E-state index in [-0.39, 0.29) is 16.5 Å². The number of benzene rings is 2. The molecule has 0 radical (unpaired) electrons. The molecule has 1 N–H and O–H groups in total. The summed E-state index contributed by atoms with van der Waals surface area (Å²) >= 11 is 6.09. The number of hydrogen-bond acceptors (Lipinski definition) is 6. The third kappa shape index (κ3) is 5.21. The number of hydrogen-bond donors (Lipinski definition) is 1. The monoisotopic (exact) mass is 531 g/mol. The number of carbonyl (C=O) groups excluding carboxylic acids is 1. The van der Waals surface area contributed by atoms with Crippen molar-refractivity contribution in [1.29, 1.82) is 0 Å². The summed E-state index contributed by atoms with van der Waals surface area (Å²) in [5.41, 5.74) is 1.88. The molecule has 1 saturated heterocycles. The summed E-state index contributed by atoms with van der Waals surface area (Å²) in [4.78, 5) is 16.4. The van der Waals surface area contributed by atoms with Crippen molar-refractivity contribution < 1.29 is 22.7 Å². The molecular weight excluding hydrogens is 507 g/mol. The Morgan fingerprint density at radius 1 is 1.05 bits per heavy atom. The van der Waals surface area contributed by atoms with E-state index in [1.54, 1.807) is 36.1 Å². The SMILES string of the molecule is C[C@H](c1cc(Cl)ccc1C(F)(F)F)N1CCNc2nnc(-c3ccc(C(=O)N4CCOCC4)cc3)cc21. The highest BCUT2D eigenvalue weighted by Crippen LogP contribution is 2.41. The van der Waals surface area contributed by atoms with Gasteiger partial charge in [-0.15, -0.1) is 10.2 Å². The first-order valence-electron chi connectivity index (χ1n) is 11.9. The Balaban J connectivity index is 1.44. The predicted molar refractivity (Wildman–Crippen MR) is 135 cm³/mol. The van der Waals surface area contributed by atoms with Crippen LogP contribution >= 0.6 is 11.6 Å². The second-order valence-corrected chi connectivity index (χ2v) is 9.41. The maximum atomic E-state index is 13.8. The van der Waals surface area contributed by atoms with Crippen LogP contribution in [0.4, 0.5) is 24.7 Å². The standard InChI is InChI=1S/C26H25ClF3N5O2/c1-16(20-14-19(27)6-7-21(20)26(28,29)30)35-9-8-31-24-23(35)15-22(32-33-24)17-2-4-18(5-3-17)25(36)34-10-12-37-13-11-34/h2-7,14-16H,8-13H2,1H3,(H,31,33)/t16-/m1/s1. The molecule has 1 aromatic heterocycles. The van der Waals surface area contributed by atoms with Gasteiger partial charge in [0.1, 0.15) is 0 Å². The summed E-state index contributed by atoms with van der Waals surface area (Å²) in [7, 11) is 0. The second kappa shape index (κ2) is 10.2. The number of alkyl halides is 3. The minimum absolute atomic E-state index is 0.0578. The molecule has 37 heavy (non-hydrogen) atoms. The van der Waals surface area contributed by atoms with Crippen molar-refractivity contribution in [2.75, 3.05) is 49.6 Å². The first-order valence-corrected chi connectivity index (χ1v) is 12.3. The van der Waals surface area contributed by atoms with E-state index in [4.69, 9.17) is 16.3 Å². The van der Waals surface area contributed by atoms with Gasteiger partial charge >= 0.3 is 6.18 Å². The van der Waals surface area contributed by atoms with Crippen molar-refractivity contribution in [3.63, 3.8) is 0 Å². The second-order valence-electron chi connectivity index (χ2n) is 8.97. The summed E-state index contributed by atoms with van der Waals surface area (Å²) in [5, 5.41) is 12.0. The maximum Gasteiger partial charge on any atom is 0.416 e. The summed E-state index contributed by atoms with van der Waals surface area (Å²) in [5.74, 6) is 0.439. The quantitative estimate of drug-likeness (QED) is 0.494. The van der Waals surface area contributed by atoms with Crippen molar-refractivity contribution in [2.24, 2.45) is 0 Å². The van der Waals surface area contributed by atoms with Crippen molar-refractivity contribution in [3.8, 4) is 11.3 Å². The van der Waals surface area contributed by atoms with E-state index in [1.165, 1.54) is 12.1 Å². The highest BCUT2D eigenvalue weighted by Gasteiger charge is 2.36. The summed E-state index contributed by atoms with van der Waals surface area (Å²) in [6.45, 7) is 4.86. The number of morpholine rings is 1. The molecule has 0 saturated carbocycles. The molecule has 5 rings (SSSR count). The molecule has 0 spiro atoms. The first kappa shape index (κ1) is 25.3. The van der Waals surface area contributed by atoms with Crippen LogP contribution in [0.2, 0.25) is 5.02 Å². The first-order chi connectivity index (χ1) is 17.7. The number of amides is 1. The van der Waals surface area contributed by atoms with Crippen LogP contribution in [-0.2, 0) is 10.9 Å². The zero-order chi connectivity index (χ0) is 26.2. The summed E-state index contributed by atoms with van der Waals surface area (Å²) in [6, 6.07) is 11.9. The van der Waals surface area contributed by atoms with Crippen LogP contribution in [-0.4, -0.2) is 60.4 Å². The van der Waals surface area contributed by atoms with E-state index in [2.05, 4.69) is 15.5 Å². The van der Waals surface area contributed by atoms with Crippen molar-refractivity contribution in [1.82, 2.24) is 15.1 Å². The Labute approximate surface area is 217 Å². The number of halogens is 4. The van der Waals surface area contributed by atoms with Crippen LogP contribution in [0.1, 0.15) is 34.5 Å². The maximum absolute atomic E-state index is 13.8. The smallest absolute Gasteiger partial charge is 0.378 e. The molecule has 7 nitrogen and oxygen atoms in total. The Bertz CT molecular complexity index is 1300. The van der Waals surface area contributed by atoms with Crippen molar-refractivity contribution >= 4 is 29.0 Å². The van der Waals surface area contributed by atoms with Crippen LogP contribution in [0.15, 0.2) is 48.5 Å². The molecule has 0 unspecified atom stereocenters. The molecule has 11 heteroatoms. The third-order valence-electron chi connectivity index (χ3n) is 6.69. The van der Waals surface area contributed by atoms with Gasteiger partial charge in [0.2, 0.25) is 0 Å². The molecular formula is C26H25ClF3N5O2. The van der Waals surface area contributed by atoms with E-state index >= 15 is 0 Å². The number of nitrogens with one attached hydrogen (secondary N) is 1. The highest BCUT2D eigenvalue weighted by atomic mass is 35.5. The Hall–Kier alpha value is -3.37. The molecule has 3 heterocycles. The molecule has 194 valence electrons. The number of fused-ring (bicyclic) bond motifs is 1. The molecule has 2 aliphatic heterocycles. The topological polar surface area (TPSA) is 70.6 Å². The molecule has 0 bridgehead atoms. The van der Waals surface area contributed by atoms with E-state index < -0.39 is 17.8 Å². The molecule has 0 aliphatic carbocycles. The zero-order valence-electron chi connectivity index (χ0n) is 20.1. The van der Waals surface area contributed by atoms with Crippen molar-refractivity contribution in [3.05, 3.63) is 70.2 Å².